The van der Waals surface area contributed by atoms with E-state index in [0.29, 0.717) is 36.8 Å². The van der Waals surface area contributed by atoms with Crippen LogP contribution >= 0.6 is 0 Å². The molecule has 0 saturated carbocycles. The van der Waals surface area contributed by atoms with Gasteiger partial charge in [0.05, 0.1) is 6.61 Å². The van der Waals surface area contributed by atoms with Crippen LogP contribution in [0.15, 0.2) is 24.3 Å². The Kier molecular flexibility index (Phi) is 6.00. The maximum atomic E-state index is 13.1. The van der Waals surface area contributed by atoms with Crippen molar-refractivity contribution in [3.8, 4) is 5.75 Å². The quantitative estimate of drug-likeness (QED) is 0.877. The van der Waals surface area contributed by atoms with Gasteiger partial charge in [-0.25, -0.2) is 4.39 Å². The number of ether oxygens (including phenoxy) is 1. The number of nitrogens with zero attached hydrogens (tertiary/aromatic N) is 1. The minimum atomic E-state index is -0.262. The molecule has 0 aromatic heterocycles. The fourth-order valence-corrected chi connectivity index (χ4v) is 3.06. The van der Waals surface area contributed by atoms with E-state index < -0.39 is 0 Å². The molecule has 1 atom stereocenters. The molecule has 118 valence electrons. The highest BCUT2D eigenvalue weighted by Gasteiger charge is 2.27. The third kappa shape index (κ3) is 4.68. The number of hydrogen-bond acceptors (Lipinski definition) is 3. The van der Waals surface area contributed by atoms with Gasteiger partial charge in [0, 0.05) is 18.0 Å². The second-order valence-electron chi connectivity index (χ2n) is 6.23. The Bertz CT molecular complexity index is 431. The van der Waals surface area contributed by atoms with E-state index in [9.17, 15) is 4.39 Å². The van der Waals surface area contributed by atoms with Crippen molar-refractivity contribution in [2.24, 2.45) is 17.6 Å². The molecule has 3 nitrogen and oxygen atoms in total. The second kappa shape index (κ2) is 7.76. The molecular weight excluding hydrogens is 267 g/mol. The maximum Gasteiger partial charge on any atom is 0.126 e. The van der Waals surface area contributed by atoms with Crippen molar-refractivity contribution in [1.82, 2.24) is 4.90 Å². The number of benzene rings is 1. The smallest absolute Gasteiger partial charge is 0.126 e. The molecule has 1 aromatic carbocycles. The van der Waals surface area contributed by atoms with Gasteiger partial charge in [-0.2, -0.15) is 0 Å². The van der Waals surface area contributed by atoms with E-state index >= 15 is 0 Å². The number of halogens is 1. The summed E-state index contributed by atoms with van der Waals surface area (Å²) < 4.78 is 18.9. The number of piperidine rings is 1. The zero-order chi connectivity index (χ0) is 15.2. The molecule has 1 heterocycles. The average Bonchev–Trinajstić information content (AvgIpc) is 2.48. The van der Waals surface area contributed by atoms with Crippen LogP contribution in [0.3, 0.4) is 0 Å². The summed E-state index contributed by atoms with van der Waals surface area (Å²) in [6.45, 7) is 7.97. The van der Waals surface area contributed by atoms with Crippen LogP contribution < -0.4 is 10.5 Å². The maximum absolute atomic E-state index is 13.1. The largest absolute Gasteiger partial charge is 0.493 e. The zero-order valence-electron chi connectivity index (χ0n) is 13.1. The molecule has 21 heavy (non-hydrogen) atoms. The monoisotopic (exact) mass is 294 g/mol. The molecule has 0 amide bonds. The van der Waals surface area contributed by atoms with Gasteiger partial charge < -0.3 is 15.4 Å². The predicted molar refractivity (Wildman–Crippen MR) is 83.9 cm³/mol. The van der Waals surface area contributed by atoms with Crippen molar-refractivity contribution in [2.45, 2.75) is 32.7 Å². The van der Waals surface area contributed by atoms with Gasteiger partial charge in [0.25, 0.3) is 0 Å². The molecule has 1 aliphatic rings. The van der Waals surface area contributed by atoms with Crippen LogP contribution in [0.25, 0.3) is 0 Å². The molecule has 1 saturated heterocycles. The van der Waals surface area contributed by atoms with E-state index in [2.05, 4.69) is 18.7 Å². The summed E-state index contributed by atoms with van der Waals surface area (Å²) in [4.78, 5) is 2.51. The van der Waals surface area contributed by atoms with Crippen LogP contribution in [0, 0.1) is 17.7 Å². The topological polar surface area (TPSA) is 38.5 Å². The first kappa shape index (κ1) is 16.2. The van der Waals surface area contributed by atoms with Crippen LogP contribution in [0.4, 0.5) is 4.39 Å². The molecule has 4 heteroatoms. The average molecular weight is 294 g/mol. The fourth-order valence-electron chi connectivity index (χ4n) is 3.06. The van der Waals surface area contributed by atoms with Crippen LogP contribution in [-0.4, -0.2) is 37.2 Å². The van der Waals surface area contributed by atoms with Crippen LogP contribution in [0.1, 0.15) is 26.7 Å². The SMILES string of the molecule is CC(C)N1CCC(C(CN)COc2cccc(F)c2)CC1. The van der Waals surface area contributed by atoms with E-state index in [1.807, 2.05) is 0 Å². The molecule has 1 aliphatic heterocycles. The van der Waals surface area contributed by atoms with Gasteiger partial charge in [0.1, 0.15) is 11.6 Å². The van der Waals surface area contributed by atoms with Crippen molar-refractivity contribution < 1.29 is 9.13 Å². The molecule has 2 rings (SSSR count). The minimum Gasteiger partial charge on any atom is -0.493 e. The van der Waals surface area contributed by atoms with E-state index in [1.165, 1.54) is 25.0 Å². The van der Waals surface area contributed by atoms with Crippen molar-refractivity contribution in [3.05, 3.63) is 30.1 Å². The molecule has 0 spiro atoms. The normalized spacial score (nSPS) is 18.9. The van der Waals surface area contributed by atoms with Gasteiger partial charge in [0.15, 0.2) is 0 Å². The molecular formula is C17H27FN2O. The Balaban J connectivity index is 1.83. The van der Waals surface area contributed by atoms with Crippen molar-refractivity contribution >= 4 is 0 Å². The third-order valence-corrected chi connectivity index (χ3v) is 4.53. The van der Waals surface area contributed by atoms with Gasteiger partial charge >= 0.3 is 0 Å². The van der Waals surface area contributed by atoms with Gasteiger partial charge in [-0.15, -0.1) is 0 Å². The van der Waals surface area contributed by atoms with E-state index in [0.717, 1.165) is 13.1 Å². The Labute approximate surface area is 127 Å². The van der Waals surface area contributed by atoms with Crippen LogP contribution in [0.5, 0.6) is 5.75 Å². The van der Waals surface area contributed by atoms with Crippen molar-refractivity contribution in [1.29, 1.82) is 0 Å². The lowest BCUT2D eigenvalue weighted by Crippen LogP contribution is -2.42. The number of likely N-dealkylation sites (tertiary alicyclic amines) is 1. The molecule has 1 fully saturated rings. The standard InChI is InChI=1S/C17H27FN2O/c1-13(2)20-8-6-14(7-9-20)15(11-19)12-21-17-5-3-4-16(18)10-17/h3-5,10,13-15H,6-9,11-12,19H2,1-2H3. The summed E-state index contributed by atoms with van der Waals surface area (Å²) in [7, 11) is 0. The Morgan fingerprint density at radius 3 is 2.62 bits per heavy atom. The Hall–Kier alpha value is -1.13. The number of nitrogens with two attached hydrogens (primary N) is 1. The second-order valence-corrected chi connectivity index (χ2v) is 6.23. The van der Waals surface area contributed by atoms with Gasteiger partial charge in [-0.3, -0.25) is 0 Å². The van der Waals surface area contributed by atoms with Crippen LogP contribution in [-0.2, 0) is 0 Å². The number of rotatable bonds is 6. The lowest BCUT2D eigenvalue weighted by molar-refractivity contribution is 0.101. The van der Waals surface area contributed by atoms with E-state index in [4.69, 9.17) is 10.5 Å². The molecule has 0 aliphatic carbocycles. The first-order valence-electron chi connectivity index (χ1n) is 7.92. The van der Waals surface area contributed by atoms with E-state index in [1.54, 1.807) is 12.1 Å². The van der Waals surface area contributed by atoms with Crippen LogP contribution in [0.2, 0.25) is 0 Å². The predicted octanol–water partition coefficient (Wildman–Crippen LogP) is 2.90. The summed E-state index contributed by atoms with van der Waals surface area (Å²) in [6, 6.07) is 6.93. The highest BCUT2D eigenvalue weighted by molar-refractivity contribution is 5.22. The van der Waals surface area contributed by atoms with Gasteiger partial charge in [0.2, 0.25) is 0 Å². The number of hydrogen-bond donors (Lipinski definition) is 1. The fraction of sp³-hybridized carbons (Fsp3) is 0.647. The lowest BCUT2D eigenvalue weighted by Gasteiger charge is -2.37. The highest BCUT2D eigenvalue weighted by Crippen LogP contribution is 2.26. The molecule has 0 radical (unpaired) electrons. The van der Waals surface area contributed by atoms with Crippen molar-refractivity contribution in [2.75, 3.05) is 26.2 Å². The minimum absolute atomic E-state index is 0.262. The summed E-state index contributed by atoms with van der Waals surface area (Å²) in [5.74, 6) is 1.29. The lowest BCUT2D eigenvalue weighted by atomic mass is 9.84. The summed E-state index contributed by atoms with van der Waals surface area (Å²) in [5.41, 5.74) is 5.92. The summed E-state index contributed by atoms with van der Waals surface area (Å²) in [5, 5.41) is 0. The molecule has 0 bridgehead atoms. The van der Waals surface area contributed by atoms with Gasteiger partial charge in [-0.1, -0.05) is 6.07 Å². The molecule has 1 unspecified atom stereocenters. The highest BCUT2D eigenvalue weighted by atomic mass is 19.1. The Morgan fingerprint density at radius 1 is 1.33 bits per heavy atom. The summed E-state index contributed by atoms with van der Waals surface area (Å²) in [6.07, 6.45) is 2.35. The molecule has 2 N–H and O–H groups in total. The first-order chi connectivity index (χ1) is 10.1. The third-order valence-electron chi connectivity index (χ3n) is 4.53. The summed E-state index contributed by atoms with van der Waals surface area (Å²) >= 11 is 0. The first-order valence-corrected chi connectivity index (χ1v) is 7.92. The Morgan fingerprint density at radius 2 is 2.05 bits per heavy atom. The zero-order valence-corrected chi connectivity index (χ0v) is 13.1. The van der Waals surface area contributed by atoms with E-state index in [-0.39, 0.29) is 5.82 Å². The van der Waals surface area contributed by atoms with Gasteiger partial charge in [-0.05, 0) is 64.4 Å². The molecule has 1 aromatic rings. The van der Waals surface area contributed by atoms with Crippen molar-refractivity contribution in [3.63, 3.8) is 0 Å².